The van der Waals surface area contributed by atoms with Crippen LogP contribution in [0.3, 0.4) is 0 Å². The molecule has 3 aromatic heterocycles. The number of benzene rings is 2. The number of carbonyl (C=O) groups is 3. The molecular weight excluding hydrogens is 691 g/mol. The molecule has 0 aliphatic carbocycles. The van der Waals surface area contributed by atoms with E-state index in [1.165, 1.54) is 29.5 Å². The van der Waals surface area contributed by atoms with E-state index in [0.717, 1.165) is 49.6 Å². The molecule has 3 aliphatic heterocycles. The Hall–Kier alpha value is -5.17. The lowest BCUT2D eigenvalue weighted by Crippen LogP contribution is -2.59. The van der Waals surface area contributed by atoms with Gasteiger partial charge in [-0.25, -0.2) is 9.37 Å². The van der Waals surface area contributed by atoms with Gasteiger partial charge in [0.25, 0.3) is 17.7 Å². The average Bonchev–Trinajstić information content (AvgIpc) is 3.50. The summed E-state index contributed by atoms with van der Waals surface area (Å²) in [5.74, 6) is -0.934. The highest BCUT2D eigenvalue weighted by atomic mass is 35.5. The fourth-order valence-electron chi connectivity index (χ4n) is 6.98. The molecule has 5 aromatic rings. The standard InChI is InChI=1S/C38H32ClFN6O4S/c39-27-5-1-6-28(40)31(27)44-36(48)30-20-24-12-17-46(29-7-3-15-41-32(29)33(24)51-30)37(49)23-8-10-25(11-9-23)43-35(47)26-4-2-16-42-34(26)45-21-38(22-45)13-18-50-19-14-38/h1-11,15-16,20H,12-14,17-19,21-22H2,(H,43,47)(H,44,48). The van der Waals surface area contributed by atoms with E-state index in [1.54, 1.807) is 65.8 Å². The van der Waals surface area contributed by atoms with E-state index in [0.29, 0.717) is 51.9 Å². The Balaban J connectivity index is 0.968. The maximum atomic E-state index is 14.4. The number of carbonyl (C=O) groups excluding carboxylic acids is 3. The van der Waals surface area contributed by atoms with Crippen LogP contribution in [0.1, 0.15) is 48.8 Å². The first-order valence-corrected chi connectivity index (χ1v) is 17.8. The van der Waals surface area contributed by atoms with Gasteiger partial charge < -0.3 is 25.2 Å². The highest BCUT2D eigenvalue weighted by molar-refractivity contribution is 7.17. The number of halogens is 2. The second kappa shape index (κ2) is 13.5. The number of hydrogen-bond donors (Lipinski definition) is 2. The number of hydrogen-bond acceptors (Lipinski definition) is 8. The third kappa shape index (κ3) is 6.35. The van der Waals surface area contributed by atoms with Crippen molar-refractivity contribution in [3.63, 3.8) is 0 Å². The van der Waals surface area contributed by atoms with E-state index in [9.17, 15) is 18.8 Å². The Morgan fingerprint density at radius 2 is 1.67 bits per heavy atom. The molecule has 10 nitrogen and oxygen atoms in total. The van der Waals surface area contributed by atoms with E-state index < -0.39 is 11.7 Å². The Morgan fingerprint density at radius 1 is 0.902 bits per heavy atom. The van der Waals surface area contributed by atoms with Crippen molar-refractivity contribution in [1.82, 2.24) is 9.97 Å². The van der Waals surface area contributed by atoms with Gasteiger partial charge in [0.15, 0.2) is 0 Å². The summed E-state index contributed by atoms with van der Waals surface area (Å²) in [5, 5.41) is 5.66. The molecule has 2 N–H and O–H groups in total. The molecule has 2 saturated heterocycles. The molecule has 3 amide bonds. The zero-order chi connectivity index (χ0) is 35.1. The number of aromatic nitrogens is 2. The SMILES string of the molecule is O=C(Nc1c(F)cccc1Cl)c1cc2c(s1)-c1ncccc1N(C(=O)c1ccc(NC(=O)c3cccnc3N3CC4(CCOCC4)C3)cc1)CC2. The maximum Gasteiger partial charge on any atom is 0.265 e. The minimum atomic E-state index is -0.626. The molecule has 258 valence electrons. The Kier molecular flexibility index (Phi) is 8.74. The zero-order valence-electron chi connectivity index (χ0n) is 27.3. The van der Waals surface area contributed by atoms with Crippen LogP contribution in [0.25, 0.3) is 10.6 Å². The Morgan fingerprint density at radius 3 is 2.45 bits per heavy atom. The minimum Gasteiger partial charge on any atom is -0.381 e. The molecule has 0 unspecified atom stereocenters. The summed E-state index contributed by atoms with van der Waals surface area (Å²) in [5.41, 5.74) is 3.70. The van der Waals surface area contributed by atoms with Crippen LogP contribution in [0.15, 0.2) is 85.2 Å². The zero-order valence-corrected chi connectivity index (χ0v) is 28.9. The predicted octanol–water partition coefficient (Wildman–Crippen LogP) is 7.32. The first-order chi connectivity index (χ1) is 24.8. The van der Waals surface area contributed by atoms with Gasteiger partial charge in [-0.1, -0.05) is 17.7 Å². The number of nitrogens with zero attached hydrogens (tertiary/aromatic N) is 4. The Bertz CT molecular complexity index is 2140. The van der Waals surface area contributed by atoms with E-state index in [4.69, 9.17) is 16.3 Å². The number of fused-ring (bicyclic) bond motifs is 3. The fourth-order valence-corrected chi connectivity index (χ4v) is 8.30. The number of para-hydroxylation sites is 1. The van der Waals surface area contributed by atoms with Crippen molar-refractivity contribution in [2.45, 2.75) is 19.3 Å². The predicted molar refractivity (Wildman–Crippen MR) is 196 cm³/mol. The number of anilines is 4. The largest absolute Gasteiger partial charge is 0.381 e. The van der Waals surface area contributed by atoms with Crippen molar-refractivity contribution in [3.8, 4) is 10.6 Å². The third-order valence-corrected chi connectivity index (χ3v) is 11.2. The first kappa shape index (κ1) is 33.0. The quantitative estimate of drug-likeness (QED) is 0.189. The van der Waals surface area contributed by atoms with Gasteiger partial charge in [0.1, 0.15) is 17.3 Å². The topological polar surface area (TPSA) is 117 Å². The molecule has 0 bridgehead atoms. The summed E-state index contributed by atoms with van der Waals surface area (Å²) >= 11 is 7.35. The summed E-state index contributed by atoms with van der Waals surface area (Å²) in [4.78, 5) is 54.7. The molecular formula is C38H32ClFN6O4S. The number of thiophene rings is 1. The number of rotatable bonds is 6. The van der Waals surface area contributed by atoms with Crippen LogP contribution in [0.4, 0.5) is 27.3 Å². The third-order valence-electron chi connectivity index (χ3n) is 9.70. The van der Waals surface area contributed by atoms with Gasteiger partial charge in [0.2, 0.25) is 0 Å². The summed E-state index contributed by atoms with van der Waals surface area (Å²) < 4.78 is 19.9. The van der Waals surface area contributed by atoms with Crippen LogP contribution in [0.2, 0.25) is 5.02 Å². The molecule has 6 heterocycles. The molecule has 8 rings (SSSR count). The molecule has 2 aromatic carbocycles. The van der Waals surface area contributed by atoms with E-state index in [-0.39, 0.29) is 27.9 Å². The van der Waals surface area contributed by atoms with Crippen molar-refractivity contribution in [2.24, 2.45) is 5.41 Å². The first-order valence-electron chi connectivity index (χ1n) is 16.6. The lowest BCUT2D eigenvalue weighted by molar-refractivity contribution is -0.000510. The Labute approximate surface area is 302 Å². The minimum absolute atomic E-state index is 0.0780. The molecule has 3 aliphatic rings. The van der Waals surface area contributed by atoms with Crippen LogP contribution in [0, 0.1) is 11.2 Å². The second-order valence-corrected chi connectivity index (χ2v) is 14.4. The van der Waals surface area contributed by atoms with E-state index in [1.807, 2.05) is 6.07 Å². The smallest absolute Gasteiger partial charge is 0.265 e. The number of ether oxygens (including phenoxy) is 1. The van der Waals surface area contributed by atoms with Crippen molar-refractivity contribution in [2.75, 3.05) is 53.3 Å². The lowest BCUT2D eigenvalue weighted by Gasteiger charge is -2.53. The highest BCUT2D eigenvalue weighted by Gasteiger charge is 2.45. The molecule has 13 heteroatoms. The van der Waals surface area contributed by atoms with Crippen LogP contribution < -0.4 is 20.4 Å². The van der Waals surface area contributed by atoms with Crippen LogP contribution in [-0.2, 0) is 11.2 Å². The average molecular weight is 723 g/mol. The van der Waals surface area contributed by atoms with Crippen LogP contribution in [-0.4, -0.2) is 60.5 Å². The lowest BCUT2D eigenvalue weighted by atomic mass is 9.73. The van der Waals surface area contributed by atoms with Gasteiger partial charge in [-0.15, -0.1) is 11.3 Å². The maximum absolute atomic E-state index is 14.4. The normalized spacial score (nSPS) is 16.0. The van der Waals surface area contributed by atoms with Gasteiger partial charge in [-0.3, -0.25) is 19.4 Å². The molecule has 0 radical (unpaired) electrons. The second-order valence-electron chi connectivity index (χ2n) is 13.0. The van der Waals surface area contributed by atoms with Gasteiger partial charge in [0.05, 0.1) is 31.7 Å². The molecule has 2 fully saturated rings. The van der Waals surface area contributed by atoms with E-state index >= 15 is 0 Å². The molecule has 0 atom stereocenters. The summed E-state index contributed by atoms with van der Waals surface area (Å²) in [7, 11) is 0. The van der Waals surface area contributed by atoms with Crippen LogP contribution in [0.5, 0.6) is 0 Å². The van der Waals surface area contributed by atoms with Crippen LogP contribution >= 0.6 is 22.9 Å². The van der Waals surface area contributed by atoms with Crippen molar-refractivity contribution >= 4 is 63.5 Å². The number of nitrogens with one attached hydrogen (secondary N) is 2. The van der Waals surface area contributed by atoms with E-state index in [2.05, 4.69) is 25.5 Å². The number of pyridine rings is 2. The van der Waals surface area contributed by atoms with Gasteiger partial charge in [-0.2, -0.15) is 0 Å². The molecule has 51 heavy (non-hydrogen) atoms. The summed E-state index contributed by atoms with van der Waals surface area (Å²) in [6, 6.07) is 19.9. The molecule has 1 spiro atoms. The monoisotopic (exact) mass is 722 g/mol. The summed E-state index contributed by atoms with van der Waals surface area (Å²) in [6.07, 6.45) is 5.86. The van der Waals surface area contributed by atoms with Gasteiger partial charge in [0, 0.05) is 61.9 Å². The molecule has 0 saturated carbocycles. The fraction of sp³-hybridized carbons (Fsp3) is 0.237. The van der Waals surface area contributed by atoms with Crippen molar-refractivity contribution < 1.29 is 23.5 Å². The van der Waals surface area contributed by atoms with Gasteiger partial charge >= 0.3 is 0 Å². The van der Waals surface area contributed by atoms with Crippen molar-refractivity contribution in [1.29, 1.82) is 0 Å². The summed E-state index contributed by atoms with van der Waals surface area (Å²) in [6.45, 7) is 3.60. The van der Waals surface area contributed by atoms with Gasteiger partial charge in [-0.05, 0) is 91.6 Å². The number of amides is 3. The van der Waals surface area contributed by atoms with Crippen molar-refractivity contribution in [3.05, 3.63) is 118 Å². The highest BCUT2D eigenvalue weighted by Crippen LogP contribution is 2.43.